The highest BCUT2D eigenvalue weighted by Crippen LogP contribution is 2.24. The number of aryl methyl sites for hydroxylation is 2. The topological polar surface area (TPSA) is 84.0 Å². The highest BCUT2D eigenvalue weighted by atomic mass is 32.2. The predicted octanol–water partition coefficient (Wildman–Crippen LogP) is 2.19. The van der Waals surface area contributed by atoms with Crippen LogP contribution in [0.25, 0.3) is 11.0 Å². The van der Waals surface area contributed by atoms with Crippen molar-refractivity contribution in [3.8, 4) is 0 Å². The molecular weight excluding hydrogens is 350 g/mol. The molecule has 6 nitrogen and oxygen atoms in total. The molecule has 26 heavy (non-hydrogen) atoms. The molecule has 2 N–H and O–H groups in total. The van der Waals surface area contributed by atoms with E-state index in [-0.39, 0.29) is 18.8 Å². The van der Waals surface area contributed by atoms with Crippen molar-refractivity contribution >= 4 is 21.1 Å². The monoisotopic (exact) mass is 371 g/mol. The Kier molecular flexibility index (Phi) is 4.42. The van der Waals surface area contributed by atoms with Crippen LogP contribution in [0.1, 0.15) is 24.0 Å². The number of hydrogen-bond acceptors (Lipinski definition) is 3. The van der Waals surface area contributed by atoms with Gasteiger partial charge < -0.3 is 4.98 Å². The second kappa shape index (κ2) is 6.74. The lowest BCUT2D eigenvalue weighted by Crippen LogP contribution is -2.30. The predicted molar refractivity (Wildman–Crippen MR) is 101 cm³/mol. The Morgan fingerprint density at radius 2 is 1.81 bits per heavy atom. The quantitative estimate of drug-likeness (QED) is 0.721. The van der Waals surface area contributed by atoms with E-state index < -0.39 is 10.0 Å². The van der Waals surface area contributed by atoms with Crippen LogP contribution in [0.15, 0.2) is 52.2 Å². The molecule has 0 saturated carbocycles. The van der Waals surface area contributed by atoms with Gasteiger partial charge in [-0.05, 0) is 61.1 Å². The standard InChI is InChI=1S/C19H21N3O3S/c23-19-21-17-7-3-4-8-18(17)22(19)12-11-20-26(24,25)16-10-9-14-5-1-2-6-15(14)13-16/h3-4,7-10,13,20H,1-2,5-6,11-12H2,(H,21,23). The summed E-state index contributed by atoms with van der Waals surface area (Å²) in [6, 6.07) is 12.7. The van der Waals surface area contributed by atoms with Gasteiger partial charge in [-0.3, -0.25) is 4.57 Å². The first-order chi connectivity index (χ1) is 12.5. The van der Waals surface area contributed by atoms with E-state index in [0.717, 1.165) is 42.3 Å². The molecule has 0 aliphatic heterocycles. The third-order valence-corrected chi connectivity index (χ3v) is 6.40. The number of imidazole rings is 1. The Bertz CT molecular complexity index is 1110. The minimum atomic E-state index is -3.59. The summed E-state index contributed by atoms with van der Waals surface area (Å²) in [5, 5.41) is 0. The van der Waals surface area contributed by atoms with Gasteiger partial charge in [-0.25, -0.2) is 17.9 Å². The maximum Gasteiger partial charge on any atom is 0.326 e. The lowest BCUT2D eigenvalue weighted by molar-refractivity contribution is 0.572. The summed E-state index contributed by atoms with van der Waals surface area (Å²) < 4.78 is 29.3. The molecule has 1 aliphatic carbocycles. The average Bonchev–Trinajstić information content (AvgIpc) is 2.97. The van der Waals surface area contributed by atoms with E-state index in [9.17, 15) is 13.2 Å². The minimum Gasteiger partial charge on any atom is -0.306 e. The third-order valence-electron chi connectivity index (χ3n) is 4.94. The number of nitrogens with zero attached hydrogens (tertiary/aromatic N) is 1. The molecule has 0 bridgehead atoms. The zero-order valence-electron chi connectivity index (χ0n) is 14.4. The molecule has 7 heteroatoms. The molecule has 0 amide bonds. The maximum atomic E-state index is 12.6. The Hall–Kier alpha value is -2.38. The Morgan fingerprint density at radius 3 is 2.65 bits per heavy atom. The van der Waals surface area contributed by atoms with Crippen LogP contribution in [-0.2, 0) is 29.4 Å². The number of hydrogen-bond donors (Lipinski definition) is 2. The second-order valence-corrected chi connectivity index (χ2v) is 8.40. The molecular formula is C19H21N3O3S. The minimum absolute atomic E-state index is 0.154. The van der Waals surface area contributed by atoms with Gasteiger partial charge in [0.15, 0.2) is 0 Å². The van der Waals surface area contributed by atoms with Gasteiger partial charge in [0.05, 0.1) is 15.9 Å². The van der Waals surface area contributed by atoms with Crippen LogP contribution in [0.5, 0.6) is 0 Å². The van der Waals surface area contributed by atoms with Gasteiger partial charge in [0.1, 0.15) is 0 Å². The first-order valence-corrected chi connectivity index (χ1v) is 10.3. The van der Waals surface area contributed by atoms with Crippen molar-refractivity contribution in [1.82, 2.24) is 14.3 Å². The van der Waals surface area contributed by atoms with Crippen molar-refractivity contribution in [3.05, 3.63) is 64.1 Å². The lowest BCUT2D eigenvalue weighted by Gasteiger charge is -2.16. The number of para-hydroxylation sites is 2. The molecule has 1 aliphatic rings. The van der Waals surface area contributed by atoms with Crippen molar-refractivity contribution < 1.29 is 8.42 Å². The maximum absolute atomic E-state index is 12.6. The number of benzene rings is 2. The number of sulfonamides is 1. The van der Waals surface area contributed by atoms with Crippen LogP contribution < -0.4 is 10.4 Å². The van der Waals surface area contributed by atoms with Gasteiger partial charge in [-0.1, -0.05) is 18.2 Å². The number of aromatic amines is 1. The molecule has 0 atom stereocenters. The summed E-state index contributed by atoms with van der Waals surface area (Å²) in [5.41, 5.74) is 3.66. The van der Waals surface area contributed by atoms with E-state index in [0.29, 0.717) is 4.90 Å². The van der Waals surface area contributed by atoms with E-state index in [1.165, 1.54) is 5.56 Å². The van der Waals surface area contributed by atoms with Crippen LogP contribution in [0.4, 0.5) is 0 Å². The summed E-state index contributed by atoms with van der Waals surface area (Å²) in [7, 11) is -3.59. The van der Waals surface area contributed by atoms with Gasteiger partial charge in [0, 0.05) is 13.1 Å². The molecule has 4 rings (SSSR count). The second-order valence-electron chi connectivity index (χ2n) is 6.63. The van der Waals surface area contributed by atoms with Crippen LogP contribution in [-0.4, -0.2) is 24.5 Å². The molecule has 3 aromatic rings. The van der Waals surface area contributed by atoms with Gasteiger partial charge in [-0.2, -0.15) is 0 Å². The SMILES string of the molecule is O=c1[nH]c2ccccc2n1CCNS(=O)(=O)c1ccc2c(c1)CCCC2. The van der Waals surface area contributed by atoms with Crippen LogP contribution >= 0.6 is 0 Å². The first kappa shape index (κ1) is 17.1. The lowest BCUT2D eigenvalue weighted by atomic mass is 9.92. The highest BCUT2D eigenvalue weighted by Gasteiger charge is 2.17. The smallest absolute Gasteiger partial charge is 0.306 e. The molecule has 0 saturated heterocycles. The van der Waals surface area contributed by atoms with Gasteiger partial charge in [-0.15, -0.1) is 0 Å². The van der Waals surface area contributed by atoms with E-state index in [1.807, 2.05) is 30.3 Å². The van der Waals surface area contributed by atoms with Crippen molar-refractivity contribution in [1.29, 1.82) is 0 Å². The van der Waals surface area contributed by atoms with Crippen LogP contribution in [0, 0.1) is 0 Å². The number of H-pyrrole nitrogens is 1. The fourth-order valence-electron chi connectivity index (χ4n) is 3.58. The van der Waals surface area contributed by atoms with E-state index in [2.05, 4.69) is 9.71 Å². The van der Waals surface area contributed by atoms with Crippen molar-refractivity contribution in [2.75, 3.05) is 6.54 Å². The number of fused-ring (bicyclic) bond motifs is 2. The summed E-state index contributed by atoms with van der Waals surface area (Å²) in [4.78, 5) is 15.1. The van der Waals surface area contributed by atoms with Crippen LogP contribution in [0.2, 0.25) is 0 Å². The van der Waals surface area contributed by atoms with Gasteiger partial charge in [0.25, 0.3) is 0 Å². The van der Waals surface area contributed by atoms with E-state index in [4.69, 9.17) is 0 Å². The highest BCUT2D eigenvalue weighted by molar-refractivity contribution is 7.89. The molecule has 1 aromatic heterocycles. The molecule has 0 spiro atoms. The Labute approximate surface area is 151 Å². The molecule has 136 valence electrons. The average molecular weight is 371 g/mol. The number of nitrogens with one attached hydrogen (secondary N) is 2. The summed E-state index contributed by atoms with van der Waals surface area (Å²) in [6.45, 7) is 0.425. The summed E-state index contributed by atoms with van der Waals surface area (Å²) >= 11 is 0. The Balaban J connectivity index is 1.50. The van der Waals surface area contributed by atoms with E-state index >= 15 is 0 Å². The molecule has 0 fully saturated rings. The summed E-state index contributed by atoms with van der Waals surface area (Å²) in [5.74, 6) is 0. The van der Waals surface area contributed by atoms with Crippen molar-refractivity contribution in [2.24, 2.45) is 0 Å². The third kappa shape index (κ3) is 3.20. The first-order valence-electron chi connectivity index (χ1n) is 8.84. The van der Waals surface area contributed by atoms with Crippen molar-refractivity contribution in [2.45, 2.75) is 37.1 Å². The number of aromatic nitrogens is 2. The van der Waals surface area contributed by atoms with Gasteiger partial charge >= 0.3 is 5.69 Å². The molecule has 1 heterocycles. The number of rotatable bonds is 5. The van der Waals surface area contributed by atoms with Gasteiger partial charge in [0.2, 0.25) is 10.0 Å². The summed E-state index contributed by atoms with van der Waals surface area (Å²) in [6.07, 6.45) is 4.22. The van der Waals surface area contributed by atoms with Crippen molar-refractivity contribution in [3.63, 3.8) is 0 Å². The fourth-order valence-corrected chi connectivity index (χ4v) is 4.65. The molecule has 0 radical (unpaired) electrons. The fraction of sp³-hybridized carbons (Fsp3) is 0.316. The van der Waals surface area contributed by atoms with E-state index in [1.54, 1.807) is 16.7 Å². The Morgan fingerprint density at radius 1 is 1.04 bits per heavy atom. The zero-order valence-corrected chi connectivity index (χ0v) is 15.2. The zero-order chi connectivity index (χ0) is 18.1. The van der Waals surface area contributed by atoms with Crippen LogP contribution in [0.3, 0.4) is 0 Å². The molecule has 0 unspecified atom stereocenters. The normalized spacial score (nSPS) is 14.5. The molecule has 2 aromatic carbocycles. The largest absolute Gasteiger partial charge is 0.326 e.